The van der Waals surface area contributed by atoms with Gasteiger partial charge in [-0.2, -0.15) is 0 Å². The molecule has 3 nitrogen and oxygen atoms in total. The SMILES string of the molecule is CN1CCC(N(C)C2CCc3cc(N)ccc32)CC1. The van der Waals surface area contributed by atoms with Gasteiger partial charge in [0.2, 0.25) is 0 Å². The Bertz CT molecular complexity index is 449. The lowest BCUT2D eigenvalue weighted by molar-refractivity contribution is 0.107. The van der Waals surface area contributed by atoms with E-state index >= 15 is 0 Å². The van der Waals surface area contributed by atoms with Crippen molar-refractivity contribution in [2.24, 2.45) is 0 Å². The van der Waals surface area contributed by atoms with Crippen molar-refractivity contribution >= 4 is 5.69 Å². The first-order valence-electron chi connectivity index (χ1n) is 7.44. The molecule has 19 heavy (non-hydrogen) atoms. The van der Waals surface area contributed by atoms with Crippen LogP contribution < -0.4 is 5.73 Å². The molecular weight excluding hydrogens is 234 g/mol. The van der Waals surface area contributed by atoms with Crippen LogP contribution in [-0.4, -0.2) is 43.0 Å². The van der Waals surface area contributed by atoms with Crippen LogP contribution in [0.5, 0.6) is 0 Å². The Kier molecular flexibility index (Phi) is 3.50. The van der Waals surface area contributed by atoms with Crippen molar-refractivity contribution in [1.29, 1.82) is 0 Å². The van der Waals surface area contributed by atoms with Crippen LogP contribution in [0.25, 0.3) is 0 Å². The molecule has 1 fully saturated rings. The number of nitrogens with two attached hydrogens (primary N) is 1. The van der Waals surface area contributed by atoms with Gasteiger partial charge in [-0.1, -0.05) is 6.07 Å². The summed E-state index contributed by atoms with van der Waals surface area (Å²) in [5.41, 5.74) is 9.77. The molecule has 104 valence electrons. The maximum Gasteiger partial charge on any atom is 0.0353 e. The fourth-order valence-corrected chi connectivity index (χ4v) is 3.69. The normalized spacial score (nSPS) is 24.9. The van der Waals surface area contributed by atoms with E-state index in [1.54, 1.807) is 0 Å². The summed E-state index contributed by atoms with van der Waals surface area (Å²) in [4.78, 5) is 5.06. The summed E-state index contributed by atoms with van der Waals surface area (Å²) in [6.07, 6.45) is 5.03. The second kappa shape index (κ2) is 5.14. The second-order valence-corrected chi connectivity index (χ2v) is 6.21. The molecule has 2 N–H and O–H groups in total. The van der Waals surface area contributed by atoms with E-state index in [4.69, 9.17) is 5.73 Å². The summed E-state index contributed by atoms with van der Waals surface area (Å²) in [5, 5.41) is 0. The largest absolute Gasteiger partial charge is 0.399 e. The Morgan fingerprint density at radius 3 is 2.68 bits per heavy atom. The van der Waals surface area contributed by atoms with Crippen LogP contribution in [-0.2, 0) is 6.42 Å². The Balaban J connectivity index is 1.74. The molecular formula is C16H25N3. The van der Waals surface area contributed by atoms with Crippen LogP contribution >= 0.6 is 0 Å². The average Bonchev–Trinajstić information content (AvgIpc) is 2.81. The molecule has 0 spiro atoms. The van der Waals surface area contributed by atoms with Crippen LogP contribution in [0.1, 0.15) is 36.4 Å². The molecule has 1 unspecified atom stereocenters. The summed E-state index contributed by atoms with van der Waals surface area (Å²) in [6, 6.07) is 7.80. The fourth-order valence-electron chi connectivity index (χ4n) is 3.69. The Hall–Kier alpha value is -1.06. The molecule has 1 aliphatic heterocycles. The van der Waals surface area contributed by atoms with Crippen molar-refractivity contribution in [2.45, 2.75) is 37.8 Å². The van der Waals surface area contributed by atoms with Gasteiger partial charge in [0, 0.05) is 17.8 Å². The third-order valence-electron chi connectivity index (χ3n) is 4.97. The zero-order valence-electron chi connectivity index (χ0n) is 12.1. The molecule has 1 heterocycles. The second-order valence-electron chi connectivity index (χ2n) is 6.21. The van der Waals surface area contributed by atoms with E-state index < -0.39 is 0 Å². The standard InChI is InChI=1S/C16H25N3/c1-18-9-7-14(8-10-18)19(2)16-6-3-12-11-13(17)4-5-15(12)16/h4-5,11,14,16H,3,6-10,17H2,1-2H3. The zero-order chi connectivity index (χ0) is 13.4. The highest BCUT2D eigenvalue weighted by Gasteiger charge is 2.31. The predicted octanol–water partition coefficient (Wildman–Crippen LogP) is 2.28. The molecule has 3 heteroatoms. The van der Waals surface area contributed by atoms with Gasteiger partial charge in [0.1, 0.15) is 0 Å². The van der Waals surface area contributed by atoms with Crippen molar-refractivity contribution in [1.82, 2.24) is 9.80 Å². The maximum absolute atomic E-state index is 5.89. The number of nitrogen functional groups attached to an aromatic ring is 1. The van der Waals surface area contributed by atoms with E-state index in [0.717, 1.165) is 11.7 Å². The minimum Gasteiger partial charge on any atom is -0.399 e. The van der Waals surface area contributed by atoms with E-state index in [9.17, 15) is 0 Å². The van der Waals surface area contributed by atoms with Gasteiger partial charge in [0.15, 0.2) is 0 Å². The third kappa shape index (κ3) is 2.49. The zero-order valence-corrected chi connectivity index (χ0v) is 12.1. The Labute approximate surface area is 116 Å². The molecule has 2 aliphatic rings. The first-order chi connectivity index (χ1) is 9.15. The quantitative estimate of drug-likeness (QED) is 0.827. The van der Waals surface area contributed by atoms with E-state index in [0.29, 0.717) is 6.04 Å². The summed E-state index contributed by atoms with van der Waals surface area (Å²) >= 11 is 0. The number of fused-ring (bicyclic) bond motifs is 1. The topological polar surface area (TPSA) is 32.5 Å². The van der Waals surface area contributed by atoms with Crippen molar-refractivity contribution in [2.75, 3.05) is 32.9 Å². The molecule has 0 aromatic heterocycles. The molecule has 0 saturated carbocycles. The van der Waals surface area contributed by atoms with Crippen LogP contribution in [0.15, 0.2) is 18.2 Å². The highest BCUT2D eigenvalue weighted by molar-refractivity contribution is 5.47. The van der Waals surface area contributed by atoms with E-state index in [1.165, 1.54) is 49.9 Å². The molecule has 1 aromatic rings. The van der Waals surface area contributed by atoms with Gasteiger partial charge in [-0.05, 0) is 76.1 Å². The van der Waals surface area contributed by atoms with Crippen LogP contribution in [0.2, 0.25) is 0 Å². The van der Waals surface area contributed by atoms with Crippen LogP contribution in [0.3, 0.4) is 0 Å². The number of piperidine rings is 1. The number of aryl methyl sites for hydroxylation is 1. The lowest BCUT2D eigenvalue weighted by Crippen LogP contribution is -2.43. The molecule has 1 aliphatic carbocycles. The molecule has 0 radical (unpaired) electrons. The number of benzene rings is 1. The number of likely N-dealkylation sites (tertiary alicyclic amines) is 1. The molecule has 0 amide bonds. The summed E-state index contributed by atoms with van der Waals surface area (Å²) in [7, 11) is 4.54. The van der Waals surface area contributed by atoms with Crippen molar-refractivity contribution in [3.8, 4) is 0 Å². The Morgan fingerprint density at radius 2 is 1.95 bits per heavy atom. The molecule has 1 saturated heterocycles. The smallest absolute Gasteiger partial charge is 0.0353 e. The fraction of sp³-hybridized carbons (Fsp3) is 0.625. The van der Waals surface area contributed by atoms with Crippen LogP contribution in [0.4, 0.5) is 5.69 Å². The molecule has 0 bridgehead atoms. The number of hydrogen-bond donors (Lipinski definition) is 1. The Morgan fingerprint density at radius 1 is 1.21 bits per heavy atom. The van der Waals surface area contributed by atoms with Gasteiger partial charge < -0.3 is 10.6 Å². The molecule has 1 aromatic carbocycles. The lowest BCUT2D eigenvalue weighted by Gasteiger charge is -2.38. The first kappa shape index (κ1) is 12.9. The van der Waals surface area contributed by atoms with E-state index in [2.05, 4.69) is 42.1 Å². The highest BCUT2D eigenvalue weighted by atomic mass is 15.2. The first-order valence-corrected chi connectivity index (χ1v) is 7.44. The monoisotopic (exact) mass is 259 g/mol. The van der Waals surface area contributed by atoms with Crippen molar-refractivity contribution in [3.63, 3.8) is 0 Å². The third-order valence-corrected chi connectivity index (χ3v) is 4.97. The van der Waals surface area contributed by atoms with Gasteiger partial charge in [0.25, 0.3) is 0 Å². The van der Waals surface area contributed by atoms with Gasteiger partial charge in [-0.3, -0.25) is 4.90 Å². The van der Waals surface area contributed by atoms with Crippen LogP contribution in [0, 0.1) is 0 Å². The van der Waals surface area contributed by atoms with Crippen molar-refractivity contribution in [3.05, 3.63) is 29.3 Å². The molecule has 3 rings (SSSR count). The van der Waals surface area contributed by atoms with Gasteiger partial charge in [-0.15, -0.1) is 0 Å². The minimum atomic E-state index is 0.601. The predicted molar refractivity (Wildman–Crippen MR) is 80.2 cm³/mol. The minimum absolute atomic E-state index is 0.601. The molecule has 1 atom stereocenters. The average molecular weight is 259 g/mol. The van der Waals surface area contributed by atoms with Gasteiger partial charge in [-0.25, -0.2) is 0 Å². The van der Waals surface area contributed by atoms with Crippen molar-refractivity contribution < 1.29 is 0 Å². The van der Waals surface area contributed by atoms with E-state index in [1.807, 2.05) is 0 Å². The summed E-state index contributed by atoms with van der Waals surface area (Å²) < 4.78 is 0. The number of hydrogen-bond acceptors (Lipinski definition) is 3. The maximum atomic E-state index is 5.89. The number of rotatable bonds is 2. The highest BCUT2D eigenvalue weighted by Crippen LogP contribution is 2.38. The number of nitrogens with zero attached hydrogens (tertiary/aromatic N) is 2. The van der Waals surface area contributed by atoms with Gasteiger partial charge >= 0.3 is 0 Å². The van der Waals surface area contributed by atoms with Gasteiger partial charge in [0.05, 0.1) is 0 Å². The number of anilines is 1. The summed E-state index contributed by atoms with van der Waals surface area (Å²) in [5.74, 6) is 0. The van der Waals surface area contributed by atoms with E-state index in [-0.39, 0.29) is 0 Å². The summed E-state index contributed by atoms with van der Waals surface area (Å²) in [6.45, 7) is 2.46. The lowest BCUT2D eigenvalue weighted by atomic mass is 9.99.